The van der Waals surface area contributed by atoms with Crippen LogP contribution in [0.5, 0.6) is 0 Å². The van der Waals surface area contributed by atoms with Gasteiger partial charge in [0.25, 0.3) is 5.91 Å². The molecule has 5 heteroatoms. The van der Waals surface area contributed by atoms with E-state index in [9.17, 15) is 10.1 Å². The zero-order valence-electron chi connectivity index (χ0n) is 17.3. The number of fused-ring (bicyclic) bond motifs is 2. The standard InChI is InChI=1S/C26H22N4O/c1-28-26(31)22-11-9-19-13-21(10-8-20(19)14-22)24-16-29-30-12-2-3-23(25(24)30)18-6-4-17(15-27)5-7-18/h2-3,6,8-14,16-17H,4-5,7H2,1H3,(H,28,31). The van der Waals surface area contributed by atoms with Gasteiger partial charge in [-0.2, -0.15) is 10.4 Å². The van der Waals surface area contributed by atoms with E-state index in [1.54, 1.807) is 7.05 Å². The van der Waals surface area contributed by atoms with E-state index >= 15 is 0 Å². The summed E-state index contributed by atoms with van der Waals surface area (Å²) in [6.45, 7) is 0. The monoisotopic (exact) mass is 406 g/mol. The zero-order chi connectivity index (χ0) is 21.4. The number of nitriles is 1. The Bertz CT molecular complexity index is 1390. The second-order valence-electron chi connectivity index (χ2n) is 7.96. The molecule has 1 aliphatic carbocycles. The Balaban J connectivity index is 1.61. The Labute approximate surface area is 180 Å². The van der Waals surface area contributed by atoms with Gasteiger partial charge in [0.15, 0.2) is 0 Å². The summed E-state index contributed by atoms with van der Waals surface area (Å²) in [7, 11) is 1.64. The molecule has 5 rings (SSSR count). The van der Waals surface area contributed by atoms with Crippen LogP contribution in [0, 0.1) is 17.2 Å². The summed E-state index contributed by atoms with van der Waals surface area (Å²) in [4.78, 5) is 11.9. The van der Waals surface area contributed by atoms with Crippen LogP contribution in [0.2, 0.25) is 0 Å². The smallest absolute Gasteiger partial charge is 0.251 e. The van der Waals surface area contributed by atoms with E-state index in [-0.39, 0.29) is 11.8 Å². The van der Waals surface area contributed by atoms with E-state index in [1.165, 1.54) is 11.1 Å². The molecule has 1 N–H and O–H groups in total. The van der Waals surface area contributed by atoms with E-state index < -0.39 is 0 Å². The molecule has 2 heterocycles. The molecule has 1 amide bonds. The van der Waals surface area contributed by atoms with Crippen LogP contribution >= 0.6 is 0 Å². The predicted molar refractivity (Wildman–Crippen MR) is 122 cm³/mol. The molecule has 2 aromatic carbocycles. The normalized spacial score (nSPS) is 16.1. The number of rotatable bonds is 3. The van der Waals surface area contributed by atoms with Gasteiger partial charge in [-0.15, -0.1) is 0 Å². The van der Waals surface area contributed by atoms with Gasteiger partial charge < -0.3 is 5.32 Å². The number of carbonyl (C=O) groups is 1. The largest absolute Gasteiger partial charge is 0.355 e. The van der Waals surface area contributed by atoms with Crippen molar-refractivity contribution in [1.29, 1.82) is 5.26 Å². The second-order valence-corrected chi connectivity index (χ2v) is 7.96. The third-order valence-corrected chi connectivity index (χ3v) is 6.12. The van der Waals surface area contributed by atoms with Crippen LogP contribution in [-0.4, -0.2) is 22.6 Å². The van der Waals surface area contributed by atoms with Crippen molar-refractivity contribution >= 4 is 27.8 Å². The summed E-state index contributed by atoms with van der Waals surface area (Å²) in [6.07, 6.45) is 8.71. The van der Waals surface area contributed by atoms with Gasteiger partial charge in [-0.3, -0.25) is 4.79 Å². The Kier molecular flexibility index (Phi) is 4.76. The highest BCUT2D eigenvalue weighted by Crippen LogP contribution is 2.36. The zero-order valence-corrected chi connectivity index (χ0v) is 17.3. The van der Waals surface area contributed by atoms with Gasteiger partial charge >= 0.3 is 0 Å². The van der Waals surface area contributed by atoms with Crippen LogP contribution in [0.3, 0.4) is 0 Å². The fourth-order valence-electron chi connectivity index (χ4n) is 4.41. The summed E-state index contributed by atoms with van der Waals surface area (Å²) in [5.41, 5.74) is 6.38. The first-order valence-corrected chi connectivity index (χ1v) is 10.5. The molecule has 0 saturated carbocycles. The Hall–Kier alpha value is -3.91. The Morgan fingerprint density at radius 1 is 1.16 bits per heavy atom. The van der Waals surface area contributed by atoms with E-state index in [2.05, 4.69) is 46.8 Å². The van der Waals surface area contributed by atoms with Crippen LogP contribution in [0.15, 0.2) is 67.0 Å². The topological polar surface area (TPSA) is 70.2 Å². The van der Waals surface area contributed by atoms with Crippen LogP contribution in [0.25, 0.3) is 33.0 Å². The van der Waals surface area contributed by atoms with Crippen molar-refractivity contribution in [1.82, 2.24) is 14.9 Å². The number of aromatic nitrogens is 2. The van der Waals surface area contributed by atoms with Crippen molar-refractivity contribution < 1.29 is 4.79 Å². The number of allylic oxidation sites excluding steroid dienone is 2. The minimum absolute atomic E-state index is 0.0855. The first-order chi connectivity index (χ1) is 15.2. The number of nitrogens with one attached hydrogen (secondary N) is 1. The highest BCUT2D eigenvalue weighted by molar-refractivity contribution is 6.00. The van der Waals surface area contributed by atoms with Gasteiger partial charge in [0.2, 0.25) is 0 Å². The lowest BCUT2D eigenvalue weighted by molar-refractivity contribution is 0.0963. The Morgan fingerprint density at radius 3 is 2.77 bits per heavy atom. The average Bonchev–Trinajstić information content (AvgIpc) is 3.27. The minimum Gasteiger partial charge on any atom is -0.355 e. The van der Waals surface area contributed by atoms with E-state index in [0.29, 0.717) is 5.56 Å². The number of hydrogen-bond acceptors (Lipinski definition) is 3. The van der Waals surface area contributed by atoms with Crippen molar-refractivity contribution in [3.63, 3.8) is 0 Å². The van der Waals surface area contributed by atoms with Gasteiger partial charge in [-0.05, 0) is 65.4 Å². The summed E-state index contributed by atoms with van der Waals surface area (Å²) in [6, 6.07) is 18.6. The van der Waals surface area contributed by atoms with Gasteiger partial charge in [0.1, 0.15) is 0 Å². The van der Waals surface area contributed by atoms with E-state index in [4.69, 9.17) is 0 Å². The van der Waals surface area contributed by atoms with Crippen LogP contribution in [0.1, 0.15) is 35.2 Å². The lowest BCUT2D eigenvalue weighted by Gasteiger charge is -2.18. The van der Waals surface area contributed by atoms with Gasteiger partial charge in [-0.1, -0.05) is 30.3 Å². The number of hydrogen-bond donors (Lipinski definition) is 1. The third-order valence-electron chi connectivity index (χ3n) is 6.12. The second kappa shape index (κ2) is 7.73. The molecule has 0 saturated heterocycles. The molecular weight excluding hydrogens is 384 g/mol. The van der Waals surface area contributed by atoms with Gasteiger partial charge in [0, 0.05) is 29.9 Å². The fourth-order valence-corrected chi connectivity index (χ4v) is 4.41. The highest BCUT2D eigenvalue weighted by atomic mass is 16.1. The molecule has 4 aromatic rings. The fraction of sp³-hybridized carbons (Fsp3) is 0.192. The number of amides is 1. The predicted octanol–water partition coefficient (Wildman–Crippen LogP) is 5.22. The highest BCUT2D eigenvalue weighted by Gasteiger charge is 2.19. The molecule has 2 aromatic heterocycles. The molecular formula is C26H22N4O. The molecule has 152 valence electrons. The maximum atomic E-state index is 11.9. The molecule has 1 atom stereocenters. The SMILES string of the molecule is CNC(=O)c1ccc2cc(-c3cnn4cccc(C5=CCC(C#N)CC5)c34)ccc2c1. The maximum Gasteiger partial charge on any atom is 0.251 e. The number of benzene rings is 2. The van der Waals surface area contributed by atoms with Gasteiger partial charge in [-0.25, -0.2) is 4.52 Å². The molecule has 1 unspecified atom stereocenters. The summed E-state index contributed by atoms with van der Waals surface area (Å²) >= 11 is 0. The van der Waals surface area contributed by atoms with Crippen molar-refractivity contribution in [2.45, 2.75) is 19.3 Å². The van der Waals surface area contributed by atoms with Crippen molar-refractivity contribution in [2.24, 2.45) is 5.92 Å². The molecule has 5 nitrogen and oxygen atoms in total. The number of pyridine rings is 1. The number of nitrogens with zero attached hydrogens (tertiary/aromatic N) is 3. The lowest BCUT2D eigenvalue weighted by Crippen LogP contribution is -2.17. The molecule has 0 bridgehead atoms. The summed E-state index contributed by atoms with van der Waals surface area (Å²) in [5.74, 6) is 0.0330. The first-order valence-electron chi connectivity index (χ1n) is 10.5. The van der Waals surface area contributed by atoms with E-state index in [0.717, 1.165) is 46.7 Å². The lowest BCUT2D eigenvalue weighted by atomic mass is 9.86. The quantitative estimate of drug-likeness (QED) is 0.507. The minimum atomic E-state index is -0.0855. The van der Waals surface area contributed by atoms with Crippen LogP contribution in [-0.2, 0) is 0 Å². The van der Waals surface area contributed by atoms with Crippen molar-refractivity contribution in [2.75, 3.05) is 7.05 Å². The molecule has 31 heavy (non-hydrogen) atoms. The van der Waals surface area contributed by atoms with Crippen molar-refractivity contribution in [3.8, 4) is 17.2 Å². The van der Waals surface area contributed by atoms with Crippen LogP contribution in [0.4, 0.5) is 0 Å². The average molecular weight is 406 g/mol. The molecule has 1 aliphatic rings. The van der Waals surface area contributed by atoms with Crippen molar-refractivity contribution in [3.05, 3.63) is 78.1 Å². The third kappa shape index (κ3) is 3.36. The molecule has 0 aliphatic heterocycles. The van der Waals surface area contributed by atoms with E-state index in [1.807, 2.05) is 41.2 Å². The number of carbonyl (C=O) groups excluding carboxylic acids is 1. The molecule has 0 spiro atoms. The first kappa shape index (κ1) is 19.1. The molecule has 0 fully saturated rings. The summed E-state index contributed by atoms with van der Waals surface area (Å²) in [5, 5.41) is 18.6. The van der Waals surface area contributed by atoms with Crippen LogP contribution < -0.4 is 5.32 Å². The maximum absolute atomic E-state index is 11.9. The summed E-state index contributed by atoms with van der Waals surface area (Å²) < 4.78 is 1.93. The van der Waals surface area contributed by atoms with Gasteiger partial charge in [0.05, 0.1) is 23.7 Å². The Morgan fingerprint density at radius 2 is 2.00 bits per heavy atom. The molecule has 0 radical (unpaired) electrons.